The SMILES string of the molecule is CCC(CN)C1C[NH+]1[O-]. The molecule has 0 aliphatic carbocycles. The summed E-state index contributed by atoms with van der Waals surface area (Å²) < 4.78 is 0. The van der Waals surface area contributed by atoms with E-state index in [-0.39, 0.29) is 0 Å². The maximum atomic E-state index is 10.6. The second kappa shape index (κ2) is 2.64. The Bertz CT molecular complexity index is 93.1. The van der Waals surface area contributed by atoms with Crippen molar-refractivity contribution in [2.75, 3.05) is 13.1 Å². The summed E-state index contributed by atoms with van der Waals surface area (Å²) in [6.45, 7) is 3.55. The molecule has 1 fully saturated rings. The third-order valence-electron chi connectivity index (χ3n) is 2.07. The first-order valence-electron chi connectivity index (χ1n) is 3.52. The van der Waals surface area contributed by atoms with E-state index >= 15 is 0 Å². The number of quaternary nitrogens is 1. The molecule has 0 amide bonds. The predicted octanol–water partition coefficient (Wildman–Crippen LogP) is -1.26. The van der Waals surface area contributed by atoms with Crippen molar-refractivity contribution < 1.29 is 5.06 Å². The smallest absolute Gasteiger partial charge is 0.141 e. The molecule has 1 aliphatic heterocycles. The van der Waals surface area contributed by atoms with Gasteiger partial charge < -0.3 is 16.0 Å². The van der Waals surface area contributed by atoms with Crippen LogP contribution in [0.2, 0.25) is 0 Å². The predicted molar refractivity (Wildman–Crippen MR) is 35.8 cm³/mol. The van der Waals surface area contributed by atoms with Gasteiger partial charge in [0.15, 0.2) is 0 Å². The van der Waals surface area contributed by atoms with Crippen LogP contribution in [0.4, 0.5) is 0 Å². The van der Waals surface area contributed by atoms with Crippen LogP contribution in [0, 0.1) is 11.1 Å². The van der Waals surface area contributed by atoms with E-state index in [2.05, 4.69) is 6.92 Å². The van der Waals surface area contributed by atoms with E-state index in [9.17, 15) is 5.21 Å². The molecule has 0 aromatic heterocycles. The first kappa shape index (κ1) is 6.99. The quantitative estimate of drug-likeness (QED) is 0.370. The zero-order valence-electron chi connectivity index (χ0n) is 5.76. The molecule has 1 rings (SSSR count). The highest BCUT2D eigenvalue weighted by Crippen LogP contribution is 2.08. The Labute approximate surface area is 55.4 Å². The highest BCUT2D eigenvalue weighted by molar-refractivity contribution is 4.75. The van der Waals surface area contributed by atoms with Gasteiger partial charge in [-0.15, -0.1) is 0 Å². The lowest BCUT2D eigenvalue weighted by Crippen LogP contribution is -2.88. The molecule has 0 aromatic carbocycles. The highest BCUT2D eigenvalue weighted by Gasteiger charge is 2.38. The molecule has 3 nitrogen and oxygen atoms in total. The zero-order chi connectivity index (χ0) is 6.85. The topological polar surface area (TPSA) is 53.5 Å². The van der Waals surface area contributed by atoms with Gasteiger partial charge in [-0.2, -0.15) is 0 Å². The Kier molecular flexibility index (Phi) is 2.05. The Morgan fingerprint density at radius 3 is 2.56 bits per heavy atom. The third kappa shape index (κ3) is 1.41. The molecule has 3 N–H and O–H groups in total. The Hall–Kier alpha value is -0.120. The number of hydrogen-bond donors (Lipinski definition) is 2. The minimum absolute atomic E-state index is 0.333. The maximum absolute atomic E-state index is 10.6. The average Bonchev–Trinajstić information content (AvgIpc) is 2.51. The second-order valence-corrected chi connectivity index (χ2v) is 2.68. The molecule has 0 spiro atoms. The largest absolute Gasteiger partial charge is 0.634 e. The summed E-state index contributed by atoms with van der Waals surface area (Å²) in [5.74, 6) is 0.470. The summed E-state index contributed by atoms with van der Waals surface area (Å²) in [4.78, 5) is 0. The van der Waals surface area contributed by atoms with Crippen molar-refractivity contribution in [3.05, 3.63) is 5.21 Å². The number of hydroxylamine groups is 2. The lowest BCUT2D eigenvalue weighted by Gasteiger charge is -2.08. The molecule has 3 atom stereocenters. The monoisotopic (exact) mass is 130 g/mol. The van der Waals surface area contributed by atoms with Crippen LogP contribution in [0.25, 0.3) is 0 Å². The van der Waals surface area contributed by atoms with Gasteiger partial charge in [0.05, 0.1) is 0 Å². The van der Waals surface area contributed by atoms with Gasteiger partial charge in [-0.3, -0.25) is 0 Å². The van der Waals surface area contributed by atoms with Crippen LogP contribution in [0.1, 0.15) is 13.3 Å². The summed E-state index contributed by atoms with van der Waals surface area (Å²) in [5, 5.41) is 11.0. The normalized spacial score (nSPS) is 36.3. The minimum Gasteiger partial charge on any atom is -0.634 e. The summed E-state index contributed by atoms with van der Waals surface area (Å²) in [6.07, 6.45) is 1.05. The van der Waals surface area contributed by atoms with Gasteiger partial charge in [0, 0.05) is 12.5 Å². The molecule has 1 heterocycles. The molecule has 0 aromatic rings. The van der Waals surface area contributed by atoms with Crippen LogP contribution in [-0.4, -0.2) is 19.1 Å². The average molecular weight is 130 g/mol. The van der Waals surface area contributed by atoms with Gasteiger partial charge in [0.25, 0.3) is 0 Å². The van der Waals surface area contributed by atoms with Crippen LogP contribution in [0.15, 0.2) is 0 Å². The Morgan fingerprint density at radius 1 is 1.89 bits per heavy atom. The highest BCUT2D eigenvalue weighted by atomic mass is 16.5. The van der Waals surface area contributed by atoms with Crippen molar-refractivity contribution in [3.8, 4) is 0 Å². The molecule has 1 aliphatic rings. The van der Waals surface area contributed by atoms with E-state index in [1.807, 2.05) is 0 Å². The molecule has 0 saturated carbocycles. The Balaban J connectivity index is 2.23. The van der Waals surface area contributed by atoms with Crippen LogP contribution in [0.5, 0.6) is 0 Å². The van der Waals surface area contributed by atoms with Crippen LogP contribution < -0.4 is 10.8 Å². The minimum atomic E-state index is 0.333. The molecule has 1 saturated heterocycles. The third-order valence-corrected chi connectivity index (χ3v) is 2.07. The van der Waals surface area contributed by atoms with Crippen molar-refractivity contribution in [3.63, 3.8) is 0 Å². The summed E-state index contributed by atoms with van der Waals surface area (Å²) in [5.41, 5.74) is 5.43. The summed E-state index contributed by atoms with van der Waals surface area (Å²) in [6, 6.07) is 0.333. The fourth-order valence-corrected chi connectivity index (χ4v) is 1.20. The van der Waals surface area contributed by atoms with Gasteiger partial charge in [-0.1, -0.05) is 6.92 Å². The number of nitrogens with one attached hydrogen (secondary N) is 1. The van der Waals surface area contributed by atoms with E-state index in [0.29, 0.717) is 23.6 Å². The standard InChI is InChI=1S/C6H14N2O/c1-2-5(3-7)6-4-8(6)9/h5-6,8H,2-4,7H2,1H3. The van der Waals surface area contributed by atoms with Crippen LogP contribution in [-0.2, 0) is 0 Å². The van der Waals surface area contributed by atoms with Gasteiger partial charge in [-0.05, 0) is 6.42 Å². The van der Waals surface area contributed by atoms with E-state index in [1.54, 1.807) is 0 Å². The van der Waals surface area contributed by atoms with Crippen molar-refractivity contribution in [2.24, 2.45) is 11.7 Å². The molecule has 0 radical (unpaired) electrons. The van der Waals surface area contributed by atoms with E-state index in [4.69, 9.17) is 5.73 Å². The van der Waals surface area contributed by atoms with Gasteiger partial charge >= 0.3 is 0 Å². The molecule has 9 heavy (non-hydrogen) atoms. The molecular weight excluding hydrogens is 116 g/mol. The van der Waals surface area contributed by atoms with Crippen molar-refractivity contribution >= 4 is 0 Å². The molecule has 0 bridgehead atoms. The second-order valence-electron chi connectivity index (χ2n) is 2.68. The molecule has 3 heteroatoms. The first-order valence-corrected chi connectivity index (χ1v) is 3.52. The number of nitrogens with two attached hydrogens (primary N) is 1. The number of rotatable bonds is 3. The van der Waals surface area contributed by atoms with Crippen LogP contribution in [0.3, 0.4) is 0 Å². The van der Waals surface area contributed by atoms with Crippen molar-refractivity contribution in [1.29, 1.82) is 0 Å². The van der Waals surface area contributed by atoms with E-state index in [1.165, 1.54) is 0 Å². The van der Waals surface area contributed by atoms with Crippen molar-refractivity contribution in [2.45, 2.75) is 19.4 Å². The lowest BCUT2D eigenvalue weighted by molar-refractivity contribution is -0.717. The fraction of sp³-hybridized carbons (Fsp3) is 1.00. The first-order chi connectivity index (χ1) is 4.29. The lowest BCUT2D eigenvalue weighted by atomic mass is 10.0. The van der Waals surface area contributed by atoms with Gasteiger partial charge in [0.1, 0.15) is 12.6 Å². The van der Waals surface area contributed by atoms with Crippen LogP contribution >= 0.6 is 0 Å². The fourth-order valence-electron chi connectivity index (χ4n) is 1.20. The summed E-state index contributed by atoms with van der Waals surface area (Å²) in [7, 11) is 0. The van der Waals surface area contributed by atoms with E-state index < -0.39 is 0 Å². The van der Waals surface area contributed by atoms with Gasteiger partial charge in [0.2, 0.25) is 0 Å². The van der Waals surface area contributed by atoms with E-state index in [0.717, 1.165) is 13.0 Å². The summed E-state index contributed by atoms with van der Waals surface area (Å²) >= 11 is 0. The number of hydrogen-bond acceptors (Lipinski definition) is 2. The Morgan fingerprint density at radius 2 is 2.44 bits per heavy atom. The molecule has 3 unspecified atom stereocenters. The molecular formula is C6H14N2O. The van der Waals surface area contributed by atoms with Gasteiger partial charge in [-0.25, -0.2) is 0 Å². The zero-order valence-corrected chi connectivity index (χ0v) is 5.76. The maximum Gasteiger partial charge on any atom is 0.141 e. The molecule has 54 valence electrons. The van der Waals surface area contributed by atoms with Crippen molar-refractivity contribution in [1.82, 2.24) is 0 Å².